The second-order valence-corrected chi connectivity index (χ2v) is 2.05. The van der Waals surface area contributed by atoms with E-state index in [1.54, 1.807) is 12.1 Å². The van der Waals surface area contributed by atoms with Gasteiger partial charge in [-0.25, -0.2) is 0 Å². The third-order valence-corrected chi connectivity index (χ3v) is 1.28. The maximum atomic E-state index is 9.95. The number of nitrogens with two attached hydrogens (primary N) is 1. The molecule has 12 heavy (non-hydrogen) atoms. The molecule has 0 heterocycles. The zero-order chi connectivity index (χ0) is 8.27. The molecular weight excluding hydrogens is 178 g/mol. The highest BCUT2D eigenvalue weighted by Crippen LogP contribution is 2.11. The van der Waals surface area contributed by atoms with Gasteiger partial charge in [0.1, 0.15) is 11.5 Å². The summed E-state index contributed by atoms with van der Waals surface area (Å²) in [6.45, 7) is 0. The van der Waals surface area contributed by atoms with E-state index in [-0.39, 0.29) is 18.2 Å². The number of halogens is 1. The van der Waals surface area contributed by atoms with Crippen molar-refractivity contribution in [2.75, 3.05) is 0 Å². The molecule has 5 heteroatoms. The van der Waals surface area contributed by atoms with Crippen molar-refractivity contribution in [2.24, 2.45) is 10.9 Å². The molecule has 4 nitrogen and oxygen atoms in total. The summed E-state index contributed by atoms with van der Waals surface area (Å²) in [4.78, 5) is 9.95. The Morgan fingerprint density at radius 2 is 1.83 bits per heavy atom. The number of nitrogens with zero attached hydrogens (tertiary/aromatic N) is 1. The van der Waals surface area contributed by atoms with Crippen molar-refractivity contribution in [2.45, 2.75) is 0 Å². The number of rotatable bonds is 2. The number of nitroso groups, excluding NO2 is 1. The molecule has 0 bridgehead atoms. The average Bonchev–Trinajstić information content (AvgIpc) is 2.05. The van der Waals surface area contributed by atoms with Crippen LogP contribution in [0.1, 0.15) is 5.56 Å². The van der Waals surface area contributed by atoms with Crippen molar-refractivity contribution in [3.63, 3.8) is 0 Å². The molecule has 0 saturated heterocycles. The minimum Gasteiger partial charge on any atom is -0.384 e. The maximum absolute atomic E-state index is 9.95. The SMILES string of the molecule is Cl.N=C(N)c1ccc(N=O)cc1. The predicted octanol–water partition coefficient (Wildman–Crippen LogP) is 1.79. The van der Waals surface area contributed by atoms with Gasteiger partial charge in [-0.05, 0) is 29.4 Å². The summed E-state index contributed by atoms with van der Waals surface area (Å²) in [6.07, 6.45) is 0. The van der Waals surface area contributed by atoms with E-state index >= 15 is 0 Å². The van der Waals surface area contributed by atoms with Gasteiger partial charge in [0.25, 0.3) is 0 Å². The number of nitrogens with one attached hydrogen (secondary N) is 1. The van der Waals surface area contributed by atoms with Crippen molar-refractivity contribution in [1.29, 1.82) is 5.41 Å². The number of nitrogen functional groups attached to an aromatic ring is 1. The molecule has 64 valence electrons. The molecule has 1 aromatic carbocycles. The largest absolute Gasteiger partial charge is 0.384 e. The first-order valence-corrected chi connectivity index (χ1v) is 3.02. The highest BCUT2D eigenvalue weighted by Gasteiger charge is 1.95. The molecule has 1 aromatic rings. The lowest BCUT2D eigenvalue weighted by atomic mass is 10.2. The highest BCUT2D eigenvalue weighted by atomic mass is 35.5. The van der Waals surface area contributed by atoms with Crippen LogP contribution in [0.25, 0.3) is 0 Å². The highest BCUT2D eigenvalue weighted by molar-refractivity contribution is 5.95. The van der Waals surface area contributed by atoms with Crippen LogP contribution >= 0.6 is 12.4 Å². The standard InChI is InChI=1S/C7H7N3O.ClH/c8-7(9)5-1-3-6(10-11)4-2-5;/h1-4H,(H3,8,9);1H. The van der Waals surface area contributed by atoms with E-state index in [1.165, 1.54) is 12.1 Å². The van der Waals surface area contributed by atoms with Gasteiger partial charge in [-0.2, -0.15) is 0 Å². The van der Waals surface area contributed by atoms with Gasteiger partial charge in [0.15, 0.2) is 0 Å². The number of benzene rings is 1. The Labute approximate surface area is 75.7 Å². The first-order valence-electron chi connectivity index (χ1n) is 3.02. The fraction of sp³-hybridized carbons (Fsp3) is 0. The Morgan fingerprint density at radius 1 is 1.33 bits per heavy atom. The van der Waals surface area contributed by atoms with Crippen molar-refractivity contribution >= 4 is 23.9 Å². The zero-order valence-electron chi connectivity index (χ0n) is 6.15. The molecule has 0 aliphatic rings. The molecular formula is C7H8ClN3O. The van der Waals surface area contributed by atoms with Gasteiger partial charge in [0.05, 0.1) is 0 Å². The number of hydrogen-bond donors (Lipinski definition) is 2. The summed E-state index contributed by atoms with van der Waals surface area (Å²) in [5.41, 5.74) is 6.12. The fourth-order valence-electron chi connectivity index (χ4n) is 0.702. The summed E-state index contributed by atoms with van der Waals surface area (Å²) < 4.78 is 0. The number of amidine groups is 1. The van der Waals surface area contributed by atoms with Gasteiger partial charge >= 0.3 is 0 Å². The minimum atomic E-state index is -0.0116. The Bertz CT molecular complexity index is 283. The summed E-state index contributed by atoms with van der Waals surface area (Å²) in [7, 11) is 0. The Balaban J connectivity index is 0.00000121. The van der Waals surface area contributed by atoms with Gasteiger partial charge < -0.3 is 5.73 Å². The first kappa shape index (κ1) is 10.6. The smallest absolute Gasteiger partial charge is 0.122 e. The van der Waals surface area contributed by atoms with Crippen LogP contribution in [0, 0.1) is 10.3 Å². The molecule has 0 radical (unpaired) electrons. The quantitative estimate of drug-likeness (QED) is 0.419. The van der Waals surface area contributed by atoms with Crippen molar-refractivity contribution in [3.8, 4) is 0 Å². The first-order chi connectivity index (χ1) is 5.24. The van der Waals surface area contributed by atoms with Crippen molar-refractivity contribution in [1.82, 2.24) is 0 Å². The zero-order valence-corrected chi connectivity index (χ0v) is 6.97. The van der Waals surface area contributed by atoms with Gasteiger partial charge in [0.2, 0.25) is 0 Å². The molecule has 0 aromatic heterocycles. The summed E-state index contributed by atoms with van der Waals surface area (Å²) in [5.74, 6) is -0.0116. The van der Waals surface area contributed by atoms with Crippen LogP contribution in [0.3, 0.4) is 0 Å². The lowest BCUT2D eigenvalue weighted by Gasteiger charge is -1.95. The van der Waals surface area contributed by atoms with Gasteiger partial charge in [0, 0.05) is 5.56 Å². The van der Waals surface area contributed by atoms with E-state index in [0.717, 1.165) is 0 Å². The monoisotopic (exact) mass is 185 g/mol. The second kappa shape index (κ2) is 4.46. The van der Waals surface area contributed by atoms with E-state index in [2.05, 4.69) is 5.18 Å². The van der Waals surface area contributed by atoms with Crippen LogP contribution in [0.2, 0.25) is 0 Å². The van der Waals surface area contributed by atoms with Crippen LogP contribution in [-0.4, -0.2) is 5.84 Å². The lowest BCUT2D eigenvalue weighted by molar-refractivity contribution is 1.41. The fourth-order valence-corrected chi connectivity index (χ4v) is 0.702. The van der Waals surface area contributed by atoms with E-state index in [0.29, 0.717) is 11.3 Å². The Hall–Kier alpha value is -1.42. The van der Waals surface area contributed by atoms with Crippen LogP contribution in [0.4, 0.5) is 5.69 Å². The normalized spacial score (nSPS) is 8.33. The molecule has 3 N–H and O–H groups in total. The molecule has 0 amide bonds. The van der Waals surface area contributed by atoms with E-state index in [9.17, 15) is 4.91 Å². The van der Waals surface area contributed by atoms with Crippen molar-refractivity contribution in [3.05, 3.63) is 34.7 Å². The van der Waals surface area contributed by atoms with Gasteiger partial charge in [-0.15, -0.1) is 17.3 Å². The van der Waals surface area contributed by atoms with Crippen LogP contribution in [0.5, 0.6) is 0 Å². The Kier molecular flexibility index (Phi) is 3.93. The second-order valence-electron chi connectivity index (χ2n) is 2.05. The summed E-state index contributed by atoms with van der Waals surface area (Å²) in [5, 5.41) is 9.74. The molecule has 1 rings (SSSR count). The third-order valence-electron chi connectivity index (χ3n) is 1.28. The van der Waals surface area contributed by atoms with Crippen LogP contribution < -0.4 is 5.73 Å². The minimum absolute atomic E-state index is 0. The molecule has 0 fully saturated rings. The van der Waals surface area contributed by atoms with Crippen LogP contribution in [0.15, 0.2) is 29.4 Å². The molecule has 0 unspecified atom stereocenters. The molecule has 0 spiro atoms. The number of hydrogen-bond acceptors (Lipinski definition) is 3. The molecule has 0 atom stereocenters. The molecule has 0 aliphatic heterocycles. The Morgan fingerprint density at radius 3 is 2.17 bits per heavy atom. The average molecular weight is 186 g/mol. The van der Waals surface area contributed by atoms with E-state index in [4.69, 9.17) is 11.1 Å². The third kappa shape index (κ3) is 2.32. The summed E-state index contributed by atoms with van der Waals surface area (Å²) in [6, 6.07) is 6.20. The predicted molar refractivity (Wildman–Crippen MR) is 50.2 cm³/mol. The van der Waals surface area contributed by atoms with E-state index in [1.807, 2.05) is 0 Å². The maximum Gasteiger partial charge on any atom is 0.122 e. The van der Waals surface area contributed by atoms with Crippen molar-refractivity contribution < 1.29 is 0 Å². The molecule has 0 aliphatic carbocycles. The van der Waals surface area contributed by atoms with E-state index < -0.39 is 0 Å². The summed E-state index contributed by atoms with van der Waals surface area (Å²) >= 11 is 0. The van der Waals surface area contributed by atoms with Crippen LogP contribution in [-0.2, 0) is 0 Å². The van der Waals surface area contributed by atoms with Gasteiger partial charge in [-0.1, -0.05) is 0 Å². The topological polar surface area (TPSA) is 79.3 Å². The lowest BCUT2D eigenvalue weighted by Crippen LogP contribution is -2.10. The molecule has 0 saturated carbocycles. The van der Waals surface area contributed by atoms with Gasteiger partial charge in [-0.3, -0.25) is 5.41 Å².